The number of rotatable bonds is 5. The molecule has 0 atom stereocenters. The molecule has 0 unspecified atom stereocenters. The standard InChI is InChI=1S/C19H19NO2/c1-3-21-18-11-15-10-17(14-8-6-5-7-9-14)20-13-16(15)12-19(18)22-4-2/h5-13H,3-4H2,1-2H3. The lowest BCUT2D eigenvalue weighted by atomic mass is 10.1. The van der Waals surface area contributed by atoms with Gasteiger partial charge >= 0.3 is 0 Å². The third kappa shape index (κ3) is 2.89. The second-order valence-electron chi connectivity index (χ2n) is 4.95. The minimum atomic E-state index is 0.612. The van der Waals surface area contributed by atoms with Crippen molar-refractivity contribution >= 4 is 10.8 Å². The summed E-state index contributed by atoms with van der Waals surface area (Å²) in [4.78, 5) is 4.56. The highest BCUT2D eigenvalue weighted by Gasteiger charge is 2.09. The van der Waals surface area contributed by atoms with E-state index < -0.39 is 0 Å². The van der Waals surface area contributed by atoms with E-state index in [1.165, 1.54) is 0 Å². The minimum absolute atomic E-state index is 0.612. The van der Waals surface area contributed by atoms with Crippen molar-refractivity contribution in [1.29, 1.82) is 0 Å². The summed E-state index contributed by atoms with van der Waals surface area (Å²) < 4.78 is 11.4. The van der Waals surface area contributed by atoms with Crippen LogP contribution in [-0.2, 0) is 0 Å². The summed E-state index contributed by atoms with van der Waals surface area (Å²) in [7, 11) is 0. The van der Waals surface area contributed by atoms with Crippen molar-refractivity contribution in [2.24, 2.45) is 0 Å². The summed E-state index contributed by atoms with van der Waals surface area (Å²) in [6.07, 6.45) is 1.88. The van der Waals surface area contributed by atoms with Crippen molar-refractivity contribution in [3.05, 3.63) is 54.7 Å². The van der Waals surface area contributed by atoms with Crippen LogP contribution in [0.3, 0.4) is 0 Å². The van der Waals surface area contributed by atoms with E-state index in [4.69, 9.17) is 9.47 Å². The highest BCUT2D eigenvalue weighted by atomic mass is 16.5. The van der Waals surface area contributed by atoms with Gasteiger partial charge in [-0.15, -0.1) is 0 Å². The third-order valence-electron chi connectivity index (χ3n) is 3.45. The third-order valence-corrected chi connectivity index (χ3v) is 3.45. The largest absolute Gasteiger partial charge is 0.490 e. The van der Waals surface area contributed by atoms with Gasteiger partial charge in [0.1, 0.15) is 0 Å². The lowest BCUT2D eigenvalue weighted by Crippen LogP contribution is -1.98. The van der Waals surface area contributed by atoms with Crippen molar-refractivity contribution in [2.45, 2.75) is 13.8 Å². The van der Waals surface area contributed by atoms with Crippen LogP contribution in [0.5, 0.6) is 11.5 Å². The maximum Gasteiger partial charge on any atom is 0.161 e. The first-order valence-electron chi connectivity index (χ1n) is 7.56. The molecule has 0 amide bonds. The fourth-order valence-electron chi connectivity index (χ4n) is 2.46. The number of hydrogen-bond acceptors (Lipinski definition) is 3. The van der Waals surface area contributed by atoms with Crippen LogP contribution in [0.4, 0.5) is 0 Å². The molecule has 3 heteroatoms. The SMILES string of the molecule is CCOc1cc2cnc(-c3ccccc3)cc2cc1OCC. The summed E-state index contributed by atoms with van der Waals surface area (Å²) in [5.41, 5.74) is 2.07. The molecule has 3 aromatic rings. The van der Waals surface area contributed by atoms with E-state index in [0.29, 0.717) is 13.2 Å². The van der Waals surface area contributed by atoms with Gasteiger partial charge in [-0.1, -0.05) is 30.3 Å². The van der Waals surface area contributed by atoms with Gasteiger partial charge in [0.05, 0.1) is 18.9 Å². The van der Waals surface area contributed by atoms with Crippen LogP contribution in [0.15, 0.2) is 54.7 Å². The monoisotopic (exact) mass is 293 g/mol. The number of fused-ring (bicyclic) bond motifs is 1. The zero-order valence-corrected chi connectivity index (χ0v) is 12.9. The maximum absolute atomic E-state index is 5.70. The second-order valence-corrected chi connectivity index (χ2v) is 4.95. The minimum Gasteiger partial charge on any atom is -0.490 e. The Bertz CT molecular complexity index is 769. The van der Waals surface area contributed by atoms with Crippen LogP contribution in [0.1, 0.15) is 13.8 Å². The van der Waals surface area contributed by atoms with E-state index in [9.17, 15) is 0 Å². The van der Waals surface area contributed by atoms with Gasteiger partial charge in [-0.2, -0.15) is 0 Å². The topological polar surface area (TPSA) is 31.4 Å². The summed E-state index contributed by atoms with van der Waals surface area (Å²) in [5.74, 6) is 1.55. The van der Waals surface area contributed by atoms with Crippen molar-refractivity contribution in [2.75, 3.05) is 13.2 Å². The summed E-state index contributed by atoms with van der Waals surface area (Å²) >= 11 is 0. The van der Waals surface area contributed by atoms with Crippen LogP contribution in [0, 0.1) is 0 Å². The first-order valence-corrected chi connectivity index (χ1v) is 7.56. The van der Waals surface area contributed by atoms with E-state index in [-0.39, 0.29) is 0 Å². The lowest BCUT2D eigenvalue weighted by molar-refractivity contribution is 0.288. The number of pyridine rings is 1. The molecule has 0 aliphatic carbocycles. The first kappa shape index (κ1) is 14.4. The van der Waals surface area contributed by atoms with Gasteiger partial charge in [0.25, 0.3) is 0 Å². The molecule has 0 spiro atoms. The maximum atomic E-state index is 5.70. The Morgan fingerprint density at radius 2 is 1.45 bits per heavy atom. The first-order chi connectivity index (χ1) is 10.8. The molecule has 1 aromatic heterocycles. The summed E-state index contributed by atoms with van der Waals surface area (Å²) in [6.45, 7) is 5.17. The second kappa shape index (κ2) is 6.48. The predicted molar refractivity (Wildman–Crippen MR) is 89.5 cm³/mol. The Kier molecular flexibility index (Phi) is 4.24. The molecular weight excluding hydrogens is 274 g/mol. The molecular formula is C19H19NO2. The summed E-state index contributed by atoms with van der Waals surface area (Å²) in [6, 6.07) is 16.3. The van der Waals surface area contributed by atoms with Gasteiger partial charge in [-0.25, -0.2) is 0 Å². The molecule has 0 saturated carbocycles. The van der Waals surface area contributed by atoms with E-state index in [0.717, 1.165) is 33.5 Å². The van der Waals surface area contributed by atoms with Gasteiger partial charge in [0.2, 0.25) is 0 Å². The molecule has 0 aliphatic heterocycles. The quantitative estimate of drug-likeness (QED) is 0.683. The van der Waals surface area contributed by atoms with Crippen LogP contribution in [0.25, 0.3) is 22.0 Å². The molecule has 0 fully saturated rings. The van der Waals surface area contributed by atoms with Gasteiger partial charge in [0.15, 0.2) is 11.5 Å². The molecule has 22 heavy (non-hydrogen) atoms. The van der Waals surface area contributed by atoms with Gasteiger partial charge in [-0.3, -0.25) is 4.98 Å². The molecule has 112 valence electrons. The number of benzene rings is 2. The molecule has 0 aliphatic rings. The Balaban J connectivity index is 2.09. The Hall–Kier alpha value is -2.55. The zero-order chi connectivity index (χ0) is 15.4. The lowest BCUT2D eigenvalue weighted by Gasteiger charge is -2.12. The molecule has 1 heterocycles. The van der Waals surface area contributed by atoms with Gasteiger partial charge < -0.3 is 9.47 Å². The fourth-order valence-corrected chi connectivity index (χ4v) is 2.46. The van der Waals surface area contributed by atoms with Crippen LogP contribution < -0.4 is 9.47 Å². The number of nitrogens with zero attached hydrogens (tertiary/aromatic N) is 1. The molecule has 0 N–H and O–H groups in total. The summed E-state index contributed by atoms with van der Waals surface area (Å²) in [5, 5.41) is 2.15. The van der Waals surface area contributed by atoms with Gasteiger partial charge in [-0.05, 0) is 37.4 Å². The van der Waals surface area contributed by atoms with Crippen LogP contribution >= 0.6 is 0 Å². The Morgan fingerprint density at radius 1 is 0.818 bits per heavy atom. The smallest absolute Gasteiger partial charge is 0.161 e. The molecule has 0 radical (unpaired) electrons. The molecule has 3 nitrogen and oxygen atoms in total. The number of aromatic nitrogens is 1. The van der Waals surface area contributed by atoms with E-state index in [2.05, 4.69) is 23.2 Å². The predicted octanol–water partition coefficient (Wildman–Crippen LogP) is 4.70. The number of hydrogen-bond donors (Lipinski definition) is 0. The molecule has 2 aromatic carbocycles. The molecule has 0 saturated heterocycles. The fraction of sp³-hybridized carbons (Fsp3) is 0.211. The van der Waals surface area contributed by atoms with Crippen molar-refractivity contribution in [1.82, 2.24) is 4.98 Å². The van der Waals surface area contributed by atoms with Crippen molar-refractivity contribution < 1.29 is 9.47 Å². The van der Waals surface area contributed by atoms with E-state index >= 15 is 0 Å². The van der Waals surface area contributed by atoms with Crippen LogP contribution in [-0.4, -0.2) is 18.2 Å². The average molecular weight is 293 g/mol. The van der Waals surface area contributed by atoms with Gasteiger partial charge in [0, 0.05) is 17.1 Å². The highest BCUT2D eigenvalue weighted by molar-refractivity contribution is 5.88. The van der Waals surface area contributed by atoms with Crippen molar-refractivity contribution in [3.8, 4) is 22.8 Å². The average Bonchev–Trinajstić information content (AvgIpc) is 2.56. The zero-order valence-electron chi connectivity index (χ0n) is 12.9. The van der Waals surface area contributed by atoms with Crippen molar-refractivity contribution in [3.63, 3.8) is 0 Å². The van der Waals surface area contributed by atoms with E-state index in [1.54, 1.807) is 0 Å². The number of ether oxygens (including phenoxy) is 2. The normalized spacial score (nSPS) is 10.6. The molecule has 0 bridgehead atoms. The van der Waals surface area contributed by atoms with E-state index in [1.807, 2.05) is 50.4 Å². The van der Waals surface area contributed by atoms with Crippen LogP contribution in [0.2, 0.25) is 0 Å². The molecule has 3 rings (SSSR count). The Morgan fingerprint density at radius 3 is 2.09 bits per heavy atom. The highest BCUT2D eigenvalue weighted by Crippen LogP contribution is 2.33. The Labute approximate surface area is 130 Å².